The zero-order valence-corrected chi connectivity index (χ0v) is 11.6. The van der Waals surface area contributed by atoms with Gasteiger partial charge in [-0.15, -0.1) is 0 Å². The van der Waals surface area contributed by atoms with E-state index in [1.165, 1.54) is 5.56 Å². The molecule has 1 aliphatic rings. The van der Waals surface area contributed by atoms with Crippen LogP contribution in [0.2, 0.25) is 0 Å². The summed E-state index contributed by atoms with van der Waals surface area (Å²) in [5.74, 6) is 1.17. The maximum atomic E-state index is 11.5. The quantitative estimate of drug-likeness (QED) is 0.672. The lowest BCUT2D eigenvalue weighted by Gasteiger charge is -2.23. The Morgan fingerprint density at radius 3 is 2.67 bits per heavy atom. The summed E-state index contributed by atoms with van der Waals surface area (Å²) in [7, 11) is 0. The number of fused-ring (bicyclic) bond motifs is 1. The molecule has 1 aliphatic carbocycles. The summed E-state index contributed by atoms with van der Waals surface area (Å²) in [6.07, 6.45) is 2.22. The zero-order chi connectivity index (χ0) is 14.7. The molecule has 0 saturated heterocycles. The number of nitrogens with one attached hydrogen (secondary N) is 1. The van der Waals surface area contributed by atoms with Gasteiger partial charge in [-0.1, -0.05) is 24.3 Å². The summed E-state index contributed by atoms with van der Waals surface area (Å²) in [5.41, 5.74) is 4.11. The first kappa shape index (κ1) is 13.6. The number of amides is 1. The summed E-state index contributed by atoms with van der Waals surface area (Å²) in [5, 5.41) is 8.72. The highest BCUT2D eigenvalue weighted by atomic mass is 16.5. The molecule has 0 aliphatic heterocycles. The van der Waals surface area contributed by atoms with E-state index in [2.05, 4.69) is 0 Å². The van der Waals surface area contributed by atoms with E-state index in [1.54, 1.807) is 5.48 Å². The normalized spacial score (nSPS) is 16.9. The summed E-state index contributed by atoms with van der Waals surface area (Å²) in [6.45, 7) is 0. The lowest BCUT2D eigenvalue weighted by atomic mass is 9.83. The predicted octanol–water partition coefficient (Wildman–Crippen LogP) is 3.09. The number of carbonyl (C=O) groups is 1. The minimum absolute atomic E-state index is 0.150. The molecule has 21 heavy (non-hydrogen) atoms. The van der Waals surface area contributed by atoms with Crippen molar-refractivity contribution in [2.45, 2.75) is 19.3 Å². The van der Waals surface area contributed by atoms with Gasteiger partial charge in [0.05, 0.1) is 0 Å². The van der Waals surface area contributed by atoms with Crippen LogP contribution >= 0.6 is 0 Å². The second kappa shape index (κ2) is 5.97. The van der Waals surface area contributed by atoms with E-state index in [1.807, 2.05) is 48.5 Å². The largest absolute Gasteiger partial charge is 0.457 e. The molecule has 0 fully saturated rings. The molecule has 3 rings (SSSR count). The standard InChI is InChI=1S/C17H17NO3/c19-17(18-20)14-7-6-13-11-16(9-8-12(13)10-14)21-15-4-2-1-3-5-15/h1-5,8-9,11,14,20H,6-7,10H2,(H,18,19). The first-order valence-corrected chi connectivity index (χ1v) is 7.05. The van der Waals surface area contributed by atoms with Crippen molar-refractivity contribution in [3.05, 3.63) is 59.7 Å². The molecule has 2 aromatic rings. The van der Waals surface area contributed by atoms with Crippen molar-refractivity contribution in [1.29, 1.82) is 0 Å². The fraction of sp³-hybridized carbons (Fsp3) is 0.235. The average molecular weight is 283 g/mol. The van der Waals surface area contributed by atoms with Gasteiger partial charge >= 0.3 is 0 Å². The van der Waals surface area contributed by atoms with Gasteiger partial charge in [-0.05, 0) is 54.7 Å². The molecule has 1 unspecified atom stereocenters. The summed E-state index contributed by atoms with van der Waals surface area (Å²) in [4.78, 5) is 11.5. The molecule has 0 saturated carbocycles. The van der Waals surface area contributed by atoms with Crippen molar-refractivity contribution in [3.63, 3.8) is 0 Å². The highest BCUT2D eigenvalue weighted by Gasteiger charge is 2.24. The third-order valence-electron chi connectivity index (χ3n) is 3.87. The number of rotatable bonds is 3. The Labute approximate surface area is 123 Å². The number of para-hydroxylation sites is 1. The summed E-state index contributed by atoms with van der Waals surface area (Å²) < 4.78 is 5.82. The topological polar surface area (TPSA) is 58.6 Å². The molecule has 4 heteroatoms. The smallest absolute Gasteiger partial charge is 0.246 e. The van der Waals surface area contributed by atoms with Crippen LogP contribution in [-0.2, 0) is 17.6 Å². The molecule has 1 amide bonds. The first-order valence-electron chi connectivity index (χ1n) is 7.05. The zero-order valence-electron chi connectivity index (χ0n) is 11.6. The molecule has 0 bridgehead atoms. The number of hydrogen-bond acceptors (Lipinski definition) is 3. The van der Waals surface area contributed by atoms with Crippen LogP contribution in [0.5, 0.6) is 11.5 Å². The second-order valence-electron chi connectivity index (χ2n) is 5.26. The van der Waals surface area contributed by atoms with Gasteiger partial charge in [0.2, 0.25) is 5.91 Å². The number of ether oxygens (including phenoxy) is 1. The van der Waals surface area contributed by atoms with E-state index in [0.717, 1.165) is 29.9 Å². The molecule has 1 atom stereocenters. The van der Waals surface area contributed by atoms with Gasteiger partial charge in [-0.3, -0.25) is 10.0 Å². The molecular formula is C17H17NO3. The van der Waals surface area contributed by atoms with Crippen molar-refractivity contribution in [2.24, 2.45) is 5.92 Å². The molecule has 108 valence electrons. The van der Waals surface area contributed by atoms with E-state index in [0.29, 0.717) is 6.42 Å². The Kier molecular flexibility index (Phi) is 3.88. The average Bonchev–Trinajstić information content (AvgIpc) is 2.54. The summed E-state index contributed by atoms with van der Waals surface area (Å²) in [6, 6.07) is 15.6. The number of benzene rings is 2. The molecule has 2 aromatic carbocycles. The lowest BCUT2D eigenvalue weighted by molar-refractivity contribution is -0.133. The van der Waals surface area contributed by atoms with Crippen LogP contribution in [0.3, 0.4) is 0 Å². The van der Waals surface area contributed by atoms with Gasteiger partial charge in [0.25, 0.3) is 0 Å². The van der Waals surface area contributed by atoms with Gasteiger partial charge < -0.3 is 4.74 Å². The van der Waals surface area contributed by atoms with Gasteiger partial charge in [0, 0.05) is 5.92 Å². The number of hydrogen-bond donors (Lipinski definition) is 2. The van der Waals surface area contributed by atoms with Crippen molar-refractivity contribution in [3.8, 4) is 11.5 Å². The number of carbonyl (C=O) groups excluding carboxylic acids is 1. The minimum atomic E-state index is -0.301. The SMILES string of the molecule is O=C(NO)C1CCc2cc(Oc3ccccc3)ccc2C1. The fourth-order valence-corrected chi connectivity index (χ4v) is 2.73. The Morgan fingerprint density at radius 1 is 1.10 bits per heavy atom. The van der Waals surface area contributed by atoms with E-state index in [4.69, 9.17) is 9.94 Å². The van der Waals surface area contributed by atoms with Crippen LogP contribution in [0.15, 0.2) is 48.5 Å². The van der Waals surface area contributed by atoms with Crippen molar-refractivity contribution in [1.82, 2.24) is 5.48 Å². The molecule has 2 N–H and O–H groups in total. The molecule has 0 spiro atoms. The monoisotopic (exact) mass is 283 g/mol. The van der Waals surface area contributed by atoms with Crippen LogP contribution in [-0.4, -0.2) is 11.1 Å². The van der Waals surface area contributed by atoms with Crippen LogP contribution in [0.25, 0.3) is 0 Å². The van der Waals surface area contributed by atoms with E-state index < -0.39 is 0 Å². The second-order valence-corrected chi connectivity index (χ2v) is 5.26. The first-order chi connectivity index (χ1) is 10.3. The molecule has 4 nitrogen and oxygen atoms in total. The van der Waals surface area contributed by atoms with Crippen molar-refractivity contribution in [2.75, 3.05) is 0 Å². The predicted molar refractivity (Wildman–Crippen MR) is 78.4 cm³/mol. The van der Waals surface area contributed by atoms with Gasteiger partial charge in [0.15, 0.2) is 0 Å². The Bertz CT molecular complexity index is 640. The van der Waals surface area contributed by atoms with E-state index >= 15 is 0 Å². The van der Waals surface area contributed by atoms with Gasteiger partial charge in [-0.25, -0.2) is 5.48 Å². The Morgan fingerprint density at radius 2 is 1.90 bits per heavy atom. The molecule has 0 aromatic heterocycles. The van der Waals surface area contributed by atoms with E-state index in [9.17, 15) is 4.79 Å². The van der Waals surface area contributed by atoms with Crippen LogP contribution in [0, 0.1) is 5.92 Å². The highest BCUT2D eigenvalue weighted by molar-refractivity contribution is 5.78. The van der Waals surface area contributed by atoms with Gasteiger partial charge in [-0.2, -0.15) is 0 Å². The van der Waals surface area contributed by atoms with Crippen LogP contribution < -0.4 is 10.2 Å². The number of aryl methyl sites for hydroxylation is 1. The Hall–Kier alpha value is -2.33. The van der Waals surface area contributed by atoms with Gasteiger partial charge in [0.1, 0.15) is 11.5 Å². The number of hydroxylamine groups is 1. The Balaban J connectivity index is 1.76. The molecular weight excluding hydrogens is 266 g/mol. The summed E-state index contributed by atoms with van der Waals surface area (Å²) >= 11 is 0. The third kappa shape index (κ3) is 3.06. The van der Waals surface area contributed by atoms with Crippen molar-refractivity contribution >= 4 is 5.91 Å². The highest BCUT2D eigenvalue weighted by Crippen LogP contribution is 2.30. The van der Waals surface area contributed by atoms with Crippen LogP contribution in [0.4, 0.5) is 0 Å². The third-order valence-corrected chi connectivity index (χ3v) is 3.87. The van der Waals surface area contributed by atoms with E-state index in [-0.39, 0.29) is 11.8 Å². The fourth-order valence-electron chi connectivity index (χ4n) is 2.73. The van der Waals surface area contributed by atoms with Crippen LogP contribution in [0.1, 0.15) is 17.5 Å². The maximum absolute atomic E-state index is 11.5. The lowest BCUT2D eigenvalue weighted by Crippen LogP contribution is -2.31. The molecule has 0 heterocycles. The maximum Gasteiger partial charge on any atom is 0.246 e. The minimum Gasteiger partial charge on any atom is -0.457 e. The molecule has 0 radical (unpaired) electrons. The van der Waals surface area contributed by atoms with Crippen molar-refractivity contribution < 1.29 is 14.7 Å².